The summed E-state index contributed by atoms with van der Waals surface area (Å²) in [4.78, 5) is 23.4. The van der Waals surface area contributed by atoms with Gasteiger partial charge in [-0.15, -0.1) is 0 Å². The van der Waals surface area contributed by atoms with Crippen molar-refractivity contribution in [1.29, 1.82) is 0 Å². The molecule has 2 N–H and O–H groups in total. The normalized spacial score (nSPS) is 19.4. The van der Waals surface area contributed by atoms with Crippen molar-refractivity contribution >= 4 is 23.4 Å². The molecule has 1 aliphatic heterocycles. The molecule has 2 rings (SSSR count). The fraction of sp³-hybridized carbons (Fsp3) is 0.429. The van der Waals surface area contributed by atoms with Crippen molar-refractivity contribution in [1.82, 2.24) is 10.6 Å². The van der Waals surface area contributed by atoms with E-state index in [4.69, 9.17) is 11.6 Å². The fourth-order valence-corrected chi connectivity index (χ4v) is 2.21. The van der Waals surface area contributed by atoms with E-state index in [9.17, 15) is 9.59 Å². The highest BCUT2D eigenvalue weighted by molar-refractivity contribution is 6.30. The van der Waals surface area contributed by atoms with E-state index in [0.717, 1.165) is 18.4 Å². The average Bonchev–Trinajstić information content (AvgIpc) is 2.62. The van der Waals surface area contributed by atoms with Gasteiger partial charge in [0, 0.05) is 18.0 Å². The van der Waals surface area contributed by atoms with Gasteiger partial charge < -0.3 is 10.6 Å². The first-order valence-corrected chi connectivity index (χ1v) is 6.84. The van der Waals surface area contributed by atoms with Gasteiger partial charge in [-0.05, 0) is 30.5 Å². The number of carbonyl (C=O) groups excluding carboxylic acids is 2. The van der Waals surface area contributed by atoms with Gasteiger partial charge >= 0.3 is 0 Å². The van der Waals surface area contributed by atoms with E-state index < -0.39 is 6.04 Å². The van der Waals surface area contributed by atoms with Crippen molar-refractivity contribution in [3.05, 3.63) is 34.9 Å². The Morgan fingerprint density at radius 1 is 1.32 bits per heavy atom. The van der Waals surface area contributed by atoms with Crippen LogP contribution in [0.3, 0.4) is 0 Å². The van der Waals surface area contributed by atoms with Crippen LogP contribution >= 0.6 is 11.6 Å². The van der Waals surface area contributed by atoms with Gasteiger partial charge in [-0.1, -0.05) is 30.2 Å². The lowest BCUT2D eigenvalue weighted by atomic mass is 10.1. The van der Waals surface area contributed by atoms with Crippen LogP contribution in [0, 0.1) is 0 Å². The van der Waals surface area contributed by atoms with E-state index in [0.29, 0.717) is 24.4 Å². The molecule has 1 aromatic carbocycles. The number of hydrogen-bond acceptors (Lipinski definition) is 2. The van der Waals surface area contributed by atoms with Crippen molar-refractivity contribution in [3.63, 3.8) is 0 Å². The molecular formula is C14H17ClN2O2. The van der Waals surface area contributed by atoms with Gasteiger partial charge in [0.05, 0.1) is 0 Å². The Bertz CT molecular complexity index is 459. The summed E-state index contributed by atoms with van der Waals surface area (Å²) in [6.45, 7) is 0.447. The molecule has 0 spiro atoms. The number of halogens is 1. The smallest absolute Gasteiger partial charge is 0.242 e. The second-order valence-corrected chi connectivity index (χ2v) is 5.15. The van der Waals surface area contributed by atoms with E-state index in [2.05, 4.69) is 10.6 Å². The molecule has 1 aliphatic rings. The maximum absolute atomic E-state index is 12.0. The predicted molar refractivity (Wildman–Crippen MR) is 73.7 cm³/mol. The maximum Gasteiger partial charge on any atom is 0.242 e. The van der Waals surface area contributed by atoms with Crippen LogP contribution in [-0.4, -0.2) is 17.9 Å². The summed E-state index contributed by atoms with van der Waals surface area (Å²) < 4.78 is 0. The molecule has 1 saturated heterocycles. The molecular weight excluding hydrogens is 264 g/mol. The van der Waals surface area contributed by atoms with Crippen molar-refractivity contribution < 1.29 is 9.59 Å². The highest BCUT2D eigenvalue weighted by atomic mass is 35.5. The number of hydrogen-bond donors (Lipinski definition) is 2. The first-order valence-electron chi connectivity index (χ1n) is 6.46. The topological polar surface area (TPSA) is 58.2 Å². The average molecular weight is 281 g/mol. The van der Waals surface area contributed by atoms with E-state index in [-0.39, 0.29) is 11.8 Å². The van der Waals surface area contributed by atoms with Crippen LogP contribution in [0.15, 0.2) is 24.3 Å². The number of rotatable bonds is 3. The Morgan fingerprint density at radius 3 is 2.79 bits per heavy atom. The number of nitrogens with one attached hydrogen (secondary N) is 2. The van der Waals surface area contributed by atoms with Crippen LogP contribution in [0.1, 0.15) is 31.2 Å². The zero-order valence-electron chi connectivity index (χ0n) is 10.6. The molecule has 19 heavy (non-hydrogen) atoms. The summed E-state index contributed by atoms with van der Waals surface area (Å²) in [5.41, 5.74) is 0.984. The summed E-state index contributed by atoms with van der Waals surface area (Å²) in [5.74, 6) is -0.158. The largest absolute Gasteiger partial charge is 0.350 e. The number of carbonyl (C=O) groups is 2. The van der Waals surface area contributed by atoms with Gasteiger partial charge in [-0.2, -0.15) is 0 Å². The Labute approximate surface area is 117 Å². The van der Waals surface area contributed by atoms with Crippen LogP contribution in [0.4, 0.5) is 0 Å². The minimum absolute atomic E-state index is 0.0378. The fourth-order valence-electron chi connectivity index (χ4n) is 2.08. The van der Waals surface area contributed by atoms with Crippen LogP contribution < -0.4 is 10.6 Å². The van der Waals surface area contributed by atoms with E-state index in [1.54, 1.807) is 12.1 Å². The van der Waals surface area contributed by atoms with Gasteiger partial charge in [0.1, 0.15) is 6.04 Å². The minimum atomic E-state index is -0.401. The molecule has 1 unspecified atom stereocenters. The standard InChI is InChI=1S/C14H17ClN2O2/c15-11-7-5-10(6-8-11)9-16-14(19)12-3-1-2-4-13(18)17-12/h5-8,12H,1-4,9H2,(H,16,19)(H,17,18). The summed E-state index contributed by atoms with van der Waals surface area (Å²) in [7, 11) is 0. The van der Waals surface area contributed by atoms with Crippen LogP contribution in [0.2, 0.25) is 5.02 Å². The lowest BCUT2D eigenvalue weighted by molar-refractivity contribution is -0.128. The van der Waals surface area contributed by atoms with E-state index >= 15 is 0 Å². The highest BCUT2D eigenvalue weighted by Crippen LogP contribution is 2.11. The van der Waals surface area contributed by atoms with Crippen LogP contribution in [0.5, 0.6) is 0 Å². The first kappa shape index (κ1) is 13.9. The molecule has 1 atom stereocenters. The number of benzene rings is 1. The van der Waals surface area contributed by atoms with Gasteiger partial charge in [0.15, 0.2) is 0 Å². The summed E-state index contributed by atoms with van der Waals surface area (Å²) in [5, 5.41) is 6.26. The van der Waals surface area contributed by atoms with Gasteiger partial charge in [0.25, 0.3) is 0 Å². The van der Waals surface area contributed by atoms with Gasteiger partial charge in [-0.3, -0.25) is 9.59 Å². The molecule has 1 fully saturated rings. The Kier molecular flexibility index (Phi) is 4.80. The Balaban J connectivity index is 1.86. The molecule has 1 heterocycles. The zero-order valence-corrected chi connectivity index (χ0v) is 11.4. The zero-order chi connectivity index (χ0) is 13.7. The van der Waals surface area contributed by atoms with Crippen LogP contribution in [-0.2, 0) is 16.1 Å². The molecule has 0 aliphatic carbocycles. The summed E-state index contributed by atoms with van der Waals surface area (Å²) in [6.07, 6.45) is 2.98. The second-order valence-electron chi connectivity index (χ2n) is 4.71. The third-order valence-electron chi connectivity index (χ3n) is 3.18. The van der Waals surface area contributed by atoms with Gasteiger partial charge in [-0.25, -0.2) is 0 Å². The second kappa shape index (κ2) is 6.57. The SMILES string of the molecule is O=C1CCCCC(C(=O)NCc2ccc(Cl)cc2)N1. The number of amides is 2. The molecule has 0 aromatic heterocycles. The summed E-state index contributed by atoms with van der Waals surface area (Å²) >= 11 is 5.80. The lowest BCUT2D eigenvalue weighted by Gasteiger charge is -2.15. The molecule has 2 amide bonds. The molecule has 5 heteroatoms. The van der Waals surface area contributed by atoms with Crippen molar-refractivity contribution in [2.45, 2.75) is 38.3 Å². The lowest BCUT2D eigenvalue weighted by Crippen LogP contribution is -2.45. The molecule has 4 nitrogen and oxygen atoms in total. The van der Waals surface area contributed by atoms with Crippen molar-refractivity contribution in [3.8, 4) is 0 Å². The molecule has 0 saturated carbocycles. The third kappa shape index (κ3) is 4.24. The van der Waals surface area contributed by atoms with E-state index in [1.807, 2.05) is 12.1 Å². The van der Waals surface area contributed by atoms with Crippen molar-refractivity contribution in [2.75, 3.05) is 0 Å². The maximum atomic E-state index is 12.0. The monoisotopic (exact) mass is 280 g/mol. The minimum Gasteiger partial charge on any atom is -0.350 e. The molecule has 1 aromatic rings. The molecule has 102 valence electrons. The highest BCUT2D eigenvalue weighted by Gasteiger charge is 2.22. The van der Waals surface area contributed by atoms with Gasteiger partial charge in [0.2, 0.25) is 11.8 Å². The Hall–Kier alpha value is -1.55. The first-order chi connectivity index (χ1) is 9.15. The van der Waals surface area contributed by atoms with E-state index in [1.165, 1.54) is 0 Å². The molecule has 0 radical (unpaired) electrons. The Morgan fingerprint density at radius 2 is 2.05 bits per heavy atom. The van der Waals surface area contributed by atoms with Crippen molar-refractivity contribution in [2.24, 2.45) is 0 Å². The van der Waals surface area contributed by atoms with Crippen LogP contribution in [0.25, 0.3) is 0 Å². The summed E-state index contributed by atoms with van der Waals surface area (Å²) in [6, 6.07) is 6.91. The third-order valence-corrected chi connectivity index (χ3v) is 3.43. The molecule has 0 bridgehead atoms. The predicted octanol–water partition coefficient (Wildman–Crippen LogP) is 2.02. The quantitative estimate of drug-likeness (QED) is 0.890.